The lowest BCUT2D eigenvalue weighted by Crippen LogP contribution is -2.27. The van der Waals surface area contributed by atoms with E-state index in [1.54, 1.807) is 0 Å². The summed E-state index contributed by atoms with van der Waals surface area (Å²) in [6.45, 7) is 1.68. The second-order valence-electron chi connectivity index (χ2n) is 3.73. The van der Waals surface area contributed by atoms with Crippen LogP contribution in [0.25, 0.3) is 0 Å². The highest BCUT2D eigenvalue weighted by Crippen LogP contribution is 2.12. The molecule has 4 heteroatoms. The molecule has 16 heavy (non-hydrogen) atoms. The Bertz CT molecular complexity index is 297. The minimum atomic E-state index is -0.318. The van der Waals surface area contributed by atoms with Crippen molar-refractivity contribution in [3.05, 3.63) is 30.3 Å². The molecule has 0 aliphatic carbocycles. The average Bonchev–Trinajstić information content (AvgIpc) is 3.13. The van der Waals surface area contributed by atoms with E-state index in [-0.39, 0.29) is 18.8 Å². The number of rotatable bonds is 7. The monoisotopic (exact) mass is 224 g/mol. The van der Waals surface area contributed by atoms with Crippen LogP contribution in [0.15, 0.2) is 30.3 Å². The number of ether oxygens (including phenoxy) is 3. The third kappa shape index (κ3) is 3.81. The smallest absolute Gasteiger partial charge is 0.145 e. The minimum absolute atomic E-state index is 0.0551. The second kappa shape index (κ2) is 5.84. The van der Waals surface area contributed by atoms with E-state index >= 15 is 0 Å². The molecule has 88 valence electrons. The maximum absolute atomic E-state index is 9.13. The third-order valence-corrected chi connectivity index (χ3v) is 2.26. The SMILES string of the molecule is OCC(COCC1CO1)Oc1ccccc1. The number of aliphatic hydroxyl groups excluding tert-OH is 1. The largest absolute Gasteiger partial charge is 0.486 e. The van der Waals surface area contributed by atoms with E-state index < -0.39 is 0 Å². The summed E-state index contributed by atoms with van der Waals surface area (Å²) < 4.78 is 15.9. The molecule has 4 nitrogen and oxygen atoms in total. The molecule has 1 saturated heterocycles. The van der Waals surface area contributed by atoms with E-state index in [4.69, 9.17) is 19.3 Å². The summed E-state index contributed by atoms with van der Waals surface area (Å²) in [6.07, 6.45) is -0.0720. The van der Waals surface area contributed by atoms with Crippen LogP contribution < -0.4 is 4.74 Å². The van der Waals surface area contributed by atoms with Crippen molar-refractivity contribution < 1.29 is 19.3 Å². The molecule has 1 aromatic rings. The predicted octanol–water partition coefficient (Wildman–Crippen LogP) is 0.842. The lowest BCUT2D eigenvalue weighted by Gasteiger charge is -2.16. The lowest BCUT2D eigenvalue weighted by molar-refractivity contribution is 0.0152. The van der Waals surface area contributed by atoms with Crippen LogP contribution in [0.3, 0.4) is 0 Å². The first-order valence-electron chi connectivity index (χ1n) is 5.40. The van der Waals surface area contributed by atoms with Gasteiger partial charge in [0.2, 0.25) is 0 Å². The molecule has 0 radical (unpaired) electrons. The molecule has 1 heterocycles. The van der Waals surface area contributed by atoms with Gasteiger partial charge >= 0.3 is 0 Å². The summed E-state index contributed by atoms with van der Waals surface area (Å²) in [7, 11) is 0. The molecule has 0 bridgehead atoms. The maximum atomic E-state index is 9.13. The zero-order valence-electron chi connectivity index (χ0n) is 9.04. The normalized spacial score (nSPS) is 20.4. The first-order valence-corrected chi connectivity index (χ1v) is 5.40. The standard InChI is InChI=1S/C12H16O4/c13-6-11(7-14-8-12-9-15-12)16-10-4-2-1-3-5-10/h1-5,11-13H,6-9H2. The van der Waals surface area contributed by atoms with E-state index in [2.05, 4.69) is 0 Å². The molecule has 0 saturated carbocycles. The highest BCUT2D eigenvalue weighted by molar-refractivity contribution is 5.21. The molecule has 2 rings (SSSR count). The van der Waals surface area contributed by atoms with Gasteiger partial charge in [-0.3, -0.25) is 0 Å². The van der Waals surface area contributed by atoms with Crippen molar-refractivity contribution in [2.75, 3.05) is 26.4 Å². The number of para-hydroxylation sites is 1. The number of epoxide rings is 1. The van der Waals surface area contributed by atoms with Crippen molar-refractivity contribution in [2.24, 2.45) is 0 Å². The topological polar surface area (TPSA) is 51.2 Å². The van der Waals surface area contributed by atoms with Crippen molar-refractivity contribution in [1.29, 1.82) is 0 Å². The summed E-state index contributed by atoms with van der Waals surface area (Å²) in [4.78, 5) is 0. The van der Waals surface area contributed by atoms with Gasteiger partial charge in [-0.05, 0) is 12.1 Å². The molecule has 0 aromatic heterocycles. The van der Waals surface area contributed by atoms with Gasteiger partial charge in [-0.2, -0.15) is 0 Å². The third-order valence-electron chi connectivity index (χ3n) is 2.26. The Labute approximate surface area is 94.8 Å². The summed E-state index contributed by atoms with van der Waals surface area (Å²) >= 11 is 0. The van der Waals surface area contributed by atoms with Gasteiger partial charge in [0.15, 0.2) is 0 Å². The van der Waals surface area contributed by atoms with Crippen LogP contribution in [0.1, 0.15) is 0 Å². The Morgan fingerprint density at radius 3 is 2.75 bits per heavy atom. The van der Waals surface area contributed by atoms with Crippen LogP contribution in [-0.2, 0) is 9.47 Å². The first-order chi connectivity index (χ1) is 7.88. The molecule has 2 atom stereocenters. The van der Waals surface area contributed by atoms with Gasteiger partial charge in [0.25, 0.3) is 0 Å². The van der Waals surface area contributed by atoms with Crippen LogP contribution in [0.5, 0.6) is 5.75 Å². The van der Waals surface area contributed by atoms with Crippen molar-refractivity contribution >= 4 is 0 Å². The maximum Gasteiger partial charge on any atom is 0.145 e. The molecule has 1 fully saturated rings. The Morgan fingerprint density at radius 1 is 1.38 bits per heavy atom. The molecule has 0 spiro atoms. The summed E-state index contributed by atoms with van der Waals surface area (Å²) in [5, 5.41) is 9.13. The van der Waals surface area contributed by atoms with Crippen molar-refractivity contribution in [1.82, 2.24) is 0 Å². The summed E-state index contributed by atoms with van der Waals surface area (Å²) in [5.74, 6) is 0.743. The average molecular weight is 224 g/mol. The van der Waals surface area contributed by atoms with Gasteiger partial charge in [0.05, 0.1) is 26.4 Å². The van der Waals surface area contributed by atoms with Gasteiger partial charge in [-0.25, -0.2) is 0 Å². The predicted molar refractivity (Wildman–Crippen MR) is 58.5 cm³/mol. The molecule has 1 N–H and O–H groups in total. The van der Waals surface area contributed by atoms with Crippen LogP contribution >= 0.6 is 0 Å². The number of hydrogen-bond acceptors (Lipinski definition) is 4. The fourth-order valence-electron chi connectivity index (χ4n) is 1.31. The van der Waals surface area contributed by atoms with Crippen LogP contribution in [0.4, 0.5) is 0 Å². The second-order valence-corrected chi connectivity index (χ2v) is 3.73. The van der Waals surface area contributed by atoms with E-state index in [1.807, 2.05) is 30.3 Å². The Balaban J connectivity index is 1.71. The van der Waals surface area contributed by atoms with E-state index in [0.717, 1.165) is 12.4 Å². The van der Waals surface area contributed by atoms with E-state index in [0.29, 0.717) is 13.2 Å². The molecule has 1 aliphatic rings. The van der Waals surface area contributed by atoms with Crippen LogP contribution in [-0.4, -0.2) is 43.7 Å². The highest BCUT2D eigenvalue weighted by atomic mass is 16.6. The molecule has 0 amide bonds. The van der Waals surface area contributed by atoms with Gasteiger partial charge < -0.3 is 19.3 Å². The molecular weight excluding hydrogens is 208 g/mol. The Morgan fingerprint density at radius 2 is 2.12 bits per heavy atom. The van der Waals surface area contributed by atoms with Gasteiger partial charge in [-0.15, -0.1) is 0 Å². The van der Waals surface area contributed by atoms with Crippen molar-refractivity contribution in [2.45, 2.75) is 12.2 Å². The van der Waals surface area contributed by atoms with Crippen molar-refractivity contribution in [3.63, 3.8) is 0 Å². The quantitative estimate of drug-likeness (QED) is 0.697. The zero-order valence-corrected chi connectivity index (χ0v) is 9.04. The molecular formula is C12H16O4. The Hall–Kier alpha value is -1.10. The van der Waals surface area contributed by atoms with Gasteiger partial charge in [0, 0.05) is 0 Å². The molecule has 1 aromatic carbocycles. The van der Waals surface area contributed by atoms with Gasteiger partial charge in [0.1, 0.15) is 18.0 Å². The van der Waals surface area contributed by atoms with E-state index in [1.165, 1.54) is 0 Å². The molecule has 1 aliphatic heterocycles. The fraction of sp³-hybridized carbons (Fsp3) is 0.500. The minimum Gasteiger partial charge on any atom is -0.486 e. The number of aliphatic hydroxyl groups is 1. The first kappa shape index (κ1) is 11.4. The fourth-order valence-corrected chi connectivity index (χ4v) is 1.31. The van der Waals surface area contributed by atoms with E-state index in [9.17, 15) is 0 Å². The highest BCUT2D eigenvalue weighted by Gasteiger charge is 2.23. The Kier molecular flexibility index (Phi) is 4.16. The number of benzene rings is 1. The van der Waals surface area contributed by atoms with Crippen LogP contribution in [0, 0.1) is 0 Å². The summed E-state index contributed by atoms with van der Waals surface area (Å²) in [6, 6.07) is 9.41. The van der Waals surface area contributed by atoms with Crippen LogP contribution in [0.2, 0.25) is 0 Å². The number of hydrogen-bond donors (Lipinski definition) is 1. The summed E-state index contributed by atoms with van der Waals surface area (Å²) in [5.41, 5.74) is 0. The lowest BCUT2D eigenvalue weighted by atomic mass is 10.3. The molecule has 2 unspecified atom stereocenters. The van der Waals surface area contributed by atoms with Crippen molar-refractivity contribution in [3.8, 4) is 5.75 Å². The van der Waals surface area contributed by atoms with Gasteiger partial charge in [-0.1, -0.05) is 18.2 Å². The zero-order chi connectivity index (χ0) is 11.2.